The van der Waals surface area contributed by atoms with E-state index < -0.39 is 8.80 Å². The van der Waals surface area contributed by atoms with Gasteiger partial charge in [0, 0.05) is 0 Å². The highest BCUT2D eigenvalue weighted by Gasteiger charge is 2.17. The van der Waals surface area contributed by atoms with Crippen molar-refractivity contribution in [1.29, 1.82) is 0 Å². The molecular weight excluding hydrogens is 183 g/mol. The van der Waals surface area contributed by atoms with E-state index in [2.05, 4.69) is 24.8 Å². The fraction of sp³-hybridized carbons (Fsp3) is 0.429. The predicted octanol–water partition coefficient (Wildman–Crippen LogP) is 2.61. The van der Waals surface area contributed by atoms with Crippen LogP contribution in [-0.4, -0.2) is 13.3 Å². The highest BCUT2D eigenvalue weighted by molar-refractivity contribution is 6.83. The lowest BCUT2D eigenvalue weighted by molar-refractivity contribution is 1.37. The third kappa shape index (κ3) is 1.88. The van der Waals surface area contributed by atoms with E-state index in [0.29, 0.717) is 0 Å². The molecule has 0 aromatic carbocycles. The van der Waals surface area contributed by atoms with Crippen molar-refractivity contribution in [3.63, 3.8) is 0 Å². The van der Waals surface area contributed by atoms with Crippen LogP contribution < -0.4 is 0 Å². The number of alkyl halides is 2. The van der Waals surface area contributed by atoms with Crippen molar-refractivity contribution < 1.29 is 0 Å². The Hall–Kier alpha value is 0.277. The summed E-state index contributed by atoms with van der Waals surface area (Å²) in [7, 11) is -0.998. The molecule has 0 bridgehead atoms. The average Bonchev–Trinajstić information content (AvgIpc) is 2.36. The fourth-order valence-corrected chi connectivity index (χ4v) is 3.18. The van der Waals surface area contributed by atoms with Crippen molar-refractivity contribution in [1.82, 2.24) is 0 Å². The summed E-state index contributed by atoms with van der Waals surface area (Å²) in [5.41, 5.74) is 0. The molecule has 0 aromatic rings. The number of rotatable bonds is 2. The predicted molar refractivity (Wildman–Crippen MR) is 50.3 cm³/mol. The van der Waals surface area contributed by atoms with E-state index in [9.17, 15) is 0 Å². The van der Waals surface area contributed by atoms with Crippen LogP contribution in [0.15, 0.2) is 23.4 Å². The van der Waals surface area contributed by atoms with Gasteiger partial charge in [-0.3, -0.25) is 0 Å². The first-order chi connectivity index (χ1) is 4.72. The number of hydrogen-bond acceptors (Lipinski definition) is 0. The van der Waals surface area contributed by atoms with Crippen molar-refractivity contribution in [3.8, 4) is 0 Å². The van der Waals surface area contributed by atoms with Gasteiger partial charge in [-0.05, 0) is 6.42 Å². The maximum absolute atomic E-state index is 5.77. The topological polar surface area (TPSA) is 0 Å². The molecule has 0 aromatic heterocycles. The summed E-state index contributed by atoms with van der Waals surface area (Å²) >= 11 is 11.5. The van der Waals surface area contributed by atoms with Gasteiger partial charge in [-0.15, -0.1) is 23.2 Å². The summed E-state index contributed by atoms with van der Waals surface area (Å²) in [6.45, 7) is 2.18. The number of halogens is 2. The second-order valence-corrected chi connectivity index (χ2v) is 7.49. The Morgan fingerprint density at radius 1 is 1.60 bits per heavy atom. The van der Waals surface area contributed by atoms with Gasteiger partial charge in [0.05, 0.1) is 4.46 Å². The molecule has 0 nitrogen and oxygen atoms in total. The molecule has 0 heterocycles. The van der Waals surface area contributed by atoms with E-state index in [-0.39, 0.29) is 4.46 Å². The van der Waals surface area contributed by atoms with Crippen molar-refractivity contribution >= 4 is 32.0 Å². The minimum atomic E-state index is -0.998. The van der Waals surface area contributed by atoms with Gasteiger partial charge in [-0.1, -0.05) is 30.0 Å². The zero-order chi connectivity index (χ0) is 7.56. The third-order valence-electron chi connectivity index (χ3n) is 1.76. The van der Waals surface area contributed by atoms with Gasteiger partial charge in [-0.25, -0.2) is 0 Å². The lowest BCUT2D eigenvalue weighted by Gasteiger charge is -2.10. The summed E-state index contributed by atoms with van der Waals surface area (Å²) in [5.74, 6) is 0. The van der Waals surface area contributed by atoms with Crippen LogP contribution in [0.2, 0.25) is 6.55 Å². The largest absolute Gasteiger partial charge is 0.109 e. The Kier molecular flexibility index (Phi) is 3.02. The molecule has 0 spiro atoms. The third-order valence-corrected chi connectivity index (χ3v) is 6.38. The van der Waals surface area contributed by atoms with Crippen molar-refractivity contribution in [2.75, 3.05) is 0 Å². The van der Waals surface area contributed by atoms with Crippen LogP contribution in [0.3, 0.4) is 0 Å². The number of hydrogen-bond donors (Lipinski definition) is 0. The van der Waals surface area contributed by atoms with Crippen LogP contribution in [0.25, 0.3) is 0 Å². The monoisotopic (exact) mass is 192 g/mol. The molecule has 0 saturated carbocycles. The van der Waals surface area contributed by atoms with Crippen molar-refractivity contribution in [2.24, 2.45) is 0 Å². The SMILES string of the molecule is C[SiH](C1=CC=CC1)C(Cl)Cl. The minimum absolute atomic E-state index is 0.133. The Morgan fingerprint density at radius 3 is 2.70 bits per heavy atom. The van der Waals surface area contributed by atoms with Gasteiger partial charge in [0.2, 0.25) is 0 Å². The van der Waals surface area contributed by atoms with E-state index in [4.69, 9.17) is 23.2 Å². The summed E-state index contributed by atoms with van der Waals surface area (Å²) in [4.78, 5) is 0. The molecule has 0 aliphatic heterocycles. The van der Waals surface area contributed by atoms with Gasteiger partial charge in [0.1, 0.15) is 8.80 Å². The second-order valence-electron chi connectivity index (χ2n) is 2.50. The molecular formula is C7H10Cl2Si. The summed E-state index contributed by atoms with van der Waals surface area (Å²) in [6.07, 6.45) is 7.45. The zero-order valence-electron chi connectivity index (χ0n) is 5.85. The Labute approximate surface area is 73.1 Å². The second kappa shape index (κ2) is 3.61. The zero-order valence-corrected chi connectivity index (χ0v) is 8.52. The number of allylic oxidation sites excluding steroid dienone is 4. The first-order valence-corrected chi connectivity index (χ1v) is 6.62. The highest BCUT2D eigenvalue weighted by Crippen LogP contribution is 2.20. The molecule has 1 aliphatic carbocycles. The smallest absolute Gasteiger partial charge is 0.102 e. The maximum atomic E-state index is 5.77. The molecule has 1 unspecified atom stereocenters. The highest BCUT2D eigenvalue weighted by atomic mass is 35.5. The molecule has 10 heavy (non-hydrogen) atoms. The molecule has 1 aliphatic rings. The van der Waals surface area contributed by atoms with Gasteiger partial charge in [0.15, 0.2) is 0 Å². The molecule has 1 atom stereocenters. The molecule has 0 fully saturated rings. The van der Waals surface area contributed by atoms with Gasteiger partial charge >= 0.3 is 0 Å². The Balaban J connectivity index is 2.50. The van der Waals surface area contributed by atoms with Crippen molar-refractivity contribution in [2.45, 2.75) is 17.4 Å². The average molecular weight is 193 g/mol. The van der Waals surface area contributed by atoms with E-state index in [0.717, 1.165) is 6.42 Å². The molecule has 0 saturated heterocycles. The lowest BCUT2D eigenvalue weighted by atomic mass is 10.5. The summed E-state index contributed by atoms with van der Waals surface area (Å²) in [6, 6.07) is 0. The van der Waals surface area contributed by atoms with Crippen LogP contribution in [-0.2, 0) is 0 Å². The van der Waals surface area contributed by atoms with Gasteiger partial charge < -0.3 is 0 Å². The molecule has 0 radical (unpaired) electrons. The molecule has 0 N–H and O–H groups in total. The van der Waals surface area contributed by atoms with E-state index in [1.54, 1.807) is 0 Å². The van der Waals surface area contributed by atoms with Gasteiger partial charge in [0.25, 0.3) is 0 Å². The molecule has 0 amide bonds. The fourth-order valence-electron chi connectivity index (χ4n) is 0.963. The van der Waals surface area contributed by atoms with E-state index in [1.165, 1.54) is 5.20 Å². The van der Waals surface area contributed by atoms with Crippen LogP contribution in [0, 0.1) is 0 Å². The van der Waals surface area contributed by atoms with E-state index >= 15 is 0 Å². The Morgan fingerprint density at radius 2 is 2.30 bits per heavy atom. The standard InChI is InChI=1S/C7H10Cl2Si/c1-10(7(8)9)6-4-2-3-5-6/h2-4,7,10H,5H2,1H3. The normalized spacial score (nSPS) is 19.8. The minimum Gasteiger partial charge on any atom is -0.109 e. The van der Waals surface area contributed by atoms with Crippen molar-refractivity contribution in [3.05, 3.63) is 23.4 Å². The molecule has 56 valence electrons. The van der Waals surface area contributed by atoms with E-state index in [1.807, 2.05) is 0 Å². The summed E-state index contributed by atoms with van der Waals surface area (Å²) < 4.78 is -0.133. The van der Waals surface area contributed by atoms with Crippen LogP contribution in [0.1, 0.15) is 6.42 Å². The van der Waals surface area contributed by atoms with Crippen LogP contribution in [0.5, 0.6) is 0 Å². The van der Waals surface area contributed by atoms with Crippen LogP contribution in [0.4, 0.5) is 0 Å². The van der Waals surface area contributed by atoms with Gasteiger partial charge in [-0.2, -0.15) is 0 Å². The summed E-state index contributed by atoms with van der Waals surface area (Å²) in [5, 5.41) is 1.47. The first-order valence-electron chi connectivity index (χ1n) is 3.35. The lowest BCUT2D eigenvalue weighted by Crippen LogP contribution is -2.19. The molecule has 3 heteroatoms. The first kappa shape index (κ1) is 8.37. The van der Waals surface area contributed by atoms with Crippen LogP contribution >= 0.6 is 23.2 Å². The Bertz CT molecular complexity index is 172. The maximum Gasteiger partial charge on any atom is 0.102 e. The quantitative estimate of drug-likeness (QED) is 0.467. The molecule has 1 rings (SSSR count).